The summed E-state index contributed by atoms with van der Waals surface area (Å²) < 4.78 is 44.6. The molecule has 0 spiro atoms. The van der Waals surface area contributed by atoms with Gasteiger partial charge in [-0.3, -0.25) is 4.68 Å². The van der Waals surface area contributed by atoms with Gasteiger partial charge in [0.15, 0.2) is 5.69 Å². The molecule has 1 N–H and O–H groups in total. The Hall–Kier alpha value is -2.20. The molecule has 0 radical (unpaired) electrons. The van der Waals surface area contributed by atoms with Gasteiger partial charge in [0.25, 0.3) is 5.89 Å². The highest BCUT2D eigenvalue weighted by molar-refractivity contribution is 7.15. The summed E-state index contributed by atoms with van der Waals surface area (Å²) in [6, 6.07) is 2.92. The lowest BCUT2D eigenvalue weighted by Crippen LogP contribution is -2.21. The minimum absolute atomic E-state index is 0.0833. The van der Waals surface area contributed by atoms with E-state index in [-0.39, 0.29) is 11.5 Å². The van der Waals surface area contributed by atoms with Crippen LogP contribution in [0.1, 0.15) is 16.1 Å². The van der Waals surface area contributed by atoms with Crippen LogP contribution in [0.15, 0.2) is 16.7 Å². The number of hydrogen-bond donors (Lipinski definition) is 1. The minimum Gasteiger partial charge on any atom is -0.333 e. The van der Waals surface area contributed by atoms with Crippen molar-refractivity contribution in [3.63, 3.8) is 0 Å². The average Bonchev–Trinajstić information content (AvgIpc) is 3.22. The molecule has 4 rings (SSSR count). The van der Waals surface area contributed by atoms with Crippen LogP contribution in [0.2, 0.25) is 0 Å². The quantitative estimate of drug-likeness (QED) is 0.766. The lowest BCUT2D eigenvalue weighted by atomic mass is 10.1. The maximum atomic E-state index is 12.8. The fraction of sp³-hybridized carbons (Fsp3) is 0.357. The number of alkyl halides is 3. The van der Waals surface area contributed by atoms with Crippen molar-refractivity contribution in [1.82, 2.24) is 25.2 Å². The summed E-state index contributed by atoms with van der Waals surface area (Å²) in [5, 5.41) is 10.5. The number of thiophene rings is 1. The highest BCUT2D eigenvalue weighted by atomic mass is 32.1. The number of halogens is 3. The lowest BCUT2D eigenvalue weighted by Gasteiger charge is -2.10. The number of hydrogen-bond acceptors (Lipinski definition) is 6. The Labute approximate surface area is 138 Å². The first kappa shape index (κ1) is 15.3. The van der Waals surface area contributed by atoms with Crippen molar-refractivity contribution < 1.29 is 17.7 Å². The maximum Gasteiger partial charge on any atom is 0.435 e. The zero-order valence-electron chi connectivity index (χ0n) is 12.5. The van der Waals surface area contributed by atoms with E-state index in [1.165, 1.54) is 17.5 Å². The van der Waals surface area contributed by atoms with Crippen molar-refractivity contribution in [2.45, 2.75) is 19.1 Å². The predicted octanol–water partition coefficient (Wildman–Crippen LogP) is 2.86. The first-order chi connectivity index (χ1) is 11.4. The van der Waals surface area contributed by atoms with E-state index < -0.39 is 11.9 Å². The second-order valence-electron chi connectivity index (χ2n) is 5.45. The second kappa shape index (κ2) is 5.42. The van der Waals surface area contributed by atoms with Gasteiger partial charge in [-0.1, -0.05) is 5.16 Å². The molecule has 6 nitrogen and oxygen atoms in total. The zero-order valence-corrected chi connectivity index (χ0v) is 13.3. The fourth-order valence-corrected chi connectivity index (χ4v) is 3.70. The molecule has 1 aliphatic rings. The Morgan fingerprint density at radius 2 is 2.17 bits per heavy atom. The molecule has 0 saturated carbocycles. The molecule has 0 unspecified atom stereocenters. The molecule has 0 fully saturated rings. The minimum atomic E-state index is -4.51. The maximum absolute atomic E-state index is 12.8. The summed E-state index contributed by atoms with van der Waals surface area (Å²) >= 11 is 1.55. The SMILES string of the molecule is Cn1nc(C(F)(F)F)cc1-c1noc(-c2cc3c(s2)CNCC3)n1. The number of nitrogens with zero attached hydrogens (tertiary/aromatic N) is 4. The van der Waals surface area contributed by atoms with Crippen molar-refractivity contribution in [1.29, 1.82) is 0 Å². The van der Waals surface area contributed by atoms with E-state index in [0.717, 1.165) is 35.1 Å². The van der Waals surface area contributed by atoms with E-state index in [1.807, 2.05) is 6.07 Å². The van der Waals surface area contributed by atoms with E-state index in [2.05, 4.69) is 20.6 Å². The van der Waals surface area contributed by atoms with Gasteiger partial charge in [-0.15, -0.1) is 11.3 Å². The largest absolute Gasteiger partial charge is 0.435 e. The molecule has 3 aromatic heterocycles. The highest BCUT2D eigenvalue weighted by Crippen LogP contribution is 2.34. The van der Waals surface area contributed by atoms with Crippen molar-refractivity contribution in [2.75, 3.05) is 6.54 Å². The van der Waals surface area contributed by atoms with Gasteiger partial charge in [0, 0.05) is 18.5 Å². The van der Waals surface area contributed by atoms with E-state index in [4.69, 9.17) is 4.52 Å². The highest BCUT2D eigenvalue weighted by Gasteiger charge is 2.35. The summed E-state index contributed by atoms with van der Waals surface area (Å²) in [7, 11) is 1.41. The Morgan fingerprint density at radius 1 is 1.33 bits per heavy atom. The normalized spacial score (nSPS) is 14.8. The van der Waals surface area contributed by atoms with E-state index in [9.17, 15) is 13.2 Å². The van der Waals surface area contributed by atoms with E-state index in [1.54, 1.807) is 11.3 Å². The summed E-state index contributed by atoms with van der Waals surface area (Å²) in [6.45, 7) is 1.73. The van der Waals surface area contributed by atoms with Gasteiger partial charge >= 0.3 is 6.18 Å². The molecule has 4 heterocycles. The molecular weight excluding hydrogens is 343 g/mol. The van der Waals surface area contributed by atoms with Crippen LogP contribution in [-0.4, -0.2) is 26.5 Å². The van der Waals surface area contributed by atoms with Crippen molar-refractivity contribution in [2.24, 2.45) is 7.05 Å². The van der Waals surface area contributed by atoms with Crippen LogP contribution in [0, 0.1) is 0 Å². The van der Waals surface area contributed by atoms with Crippen LogP contribution in [0.5, 0.6) is 0 Å². The van der Waals surface area contributed by atoms with Crippen LogP contribution in [0.25, 0.3) is 22.3 Å². The van der Waals surface area contributed by atoms with Gasteiger partial charge in [-0.25, -0.2) is 0 Å². The van der Waals surface area contributed by atoms with Crippen molar-refractivity contribution in [3.05, 3.63) is 28.3 Å². The van der Waals surface area contributed by atoms with Crippen LogP contribution < -0.4 is 5.32 Å². The average molecular weight is 355 g/mol. The molecule has 1 aliphatic heterocycles. The van der Waals surface area contributed by atoms with E-state index >= 15 is 0 Å². The Kier molecular flexibility index (Phi) is 3.46. The second-order valence-corrected chi connectivity index (χ2v) is 6.58. The molecule has 24 heavy (non-hydrogen) atoms. The van der Waals surface area contributed by atoms with Gasteiger partial charge in [-0.05, 0) is 30.7 Å². The number of nitrogens with one attached hydrogen (secondary N) is 1. The molecule has 10 heteroatoms. The number of aromatic nitrogens is 4. The van der Waals surface area contributed by atoms with Crippen LogP contribution in [-0.2, 0) is 26.2 Å². The third kappa shape index (κ3) is 2.61. The van der Waals surface area contributed by atoms with Gasteiger partial charge in [0.2, 0.25) is 5.82 Å². The number of fused-ring (bicyclic) bond motifs is 1. The molecule has 0 atom stereocenters. The van der Waals surface area contributed by atoms with Crippen LogP contribution >= 0.6 is 11.3 Å². The molecular formula is C14H12F3N5OS. The molecule has 0 saturated heterocycles. The first-order valence-corrected chi connectivity index (χ1v) is 8.01. The van der Waals surface area contributed by atoms with Crippen molar-refractivity contribution >= 4 is 11.3 Å². The Morgan fingerprint density at radius 3 is 2.88 bits per heavy atom. The lowest BCUT2D eigenvalue weighted by molar-refractivity contribution is -0.141. The number of rotatable bonds is 2. The van der Waals surface area contributed by atoms with Gasteiger partial charge in [0.05, 0.1) is 4.88 Å². The zero-order chi connectivity index (χ0) is 16.9. The monoisotopic (exact) mass is 355 g/mol. The molecule has 3 aromatic rings. The third-order valence-electron chi connectivity index (χ3n) is 3.79. The standard InChI is InChI=1S/C14H12F3N5OS/c1-22-8(5-11(20-22)14(15,16)17)12-19-13(23-21-12)9-4-7-2-3-18-6-10(7)24-9/h4-5,18H,2-3,6H2,1H3. The van der Waals surface area contributed by atoms with Crippen molar-refractivity contribution in [3.8, 4) is 22.3 Å². The number of aryl methyl sites for hydroxylation is 1. The van der Waals surface area contributed by atoms with Gasteiger partial charge in [-0.2, -0.15) is 23.3 Å². The molecule has 0 aliphatic carbocycles. The third-order valence-corrected chi connectivity index (χ3v) is 4.95. The van der Waals surface area contributed by atoms with Gasteiger partial charge < -0.3 is 9.84 Å². The molecule has 126 valence electrons. The summed E-state index contributed by atoms with van der Waals surface area (Å²) in [5.41, 5.74) is 0.415. The topological polar surface area (TPSA) is 68.8 Å². The van der Waals surface area contributed by atoms with Crippen LogP contribution in [0.3, 0.4) is 0 Å². The smallest absolute Gasteiger partial charge is 0.333 e. The molecule has 0 amide bonds. The van der Waals surface area contributed by atoms with E-state index in [0.29, 0.717) is 5.89 Å². The summed E-state index contributed by atoms with van der Waals surface area (Å²) in [5.74, 6) is 0.388. The first-order valence-electron chi connectivity index (χ1n) is 7.20. The fourth-order valence-electron chi connectivity index (χ4n) is 2.60. The summed E-state index contributed by atoms with van der Waals surface area (Å²) in [6.07, 6.45) is -3.58. The predicted molar refractivity (Wildman–Crippen MR) is 80.2 cm³/mol. The molecule has 0 bridgehead atoms. The van der Waals surface area contributed by atoms with Gasteiger partial charge in [0.1, 0.15) is 5.69 Å². The Balaban J connectivity index is 1.68. The summed E-state index contributed by atoms with van der Waals surface area (Å²) in [4.78, 5) is 6.27. The Bertz CT molecular complexity index is 871. The van der Waals surface area contributed by atoms with Crippen LogP contribution in [0.4, 0.5) is 13.2 Å². The molecule has 0 aromatic carbocycles.